The minimum Gasteiger partial charge on any atom is -0.378 e. The summed E-state index contributed by atoms with van der Waals surface area (Å²) in [4.78, 5) is 0. The smallest absolute Gasteiger partial charge is 0.244 e. The molecule has 0 atom stereocenters. The molecule has 1 aromatic heterocycles. The highest BCUT2D eigenvalue weighted by Gasteiger charge is 2.01. The van der Waals surface area contributed by atoms with Gasteiger partial charge in [0.1, 0.15) is 25.0 Å². The zero-order chi connectivity index (χ0) is 9.52. The molecule has 0 unspecified atom stereocenters. The van der Waals surface area contributed by atoms with Crippen molar-refractivity contribution in [1.29, 1.82) is 5.26 Å². The van der Waals surface area contributed by atoms with Gasteiger partial charge in [-0.1, -0.05) is 0 Å². The Balaban J connectivity index is 2.36. The summed E-state index contributed by atoms with van der Waals surface area (Å²) < 4.78 is 9.06. The lowest BCUT2D eigenvalue weighted by atomic mass is 10.6. The predicted molar refractivity (Wildman–Crippen MR) is 46.7 cm³/mol. The molecule has 0 aromatic carbocycles. The molecule has 0 N–H and O–H groups in total. The SMILES string of the molecule is CCOCC[n+]1ccn(CC#N)c1. The lowest BCUT2D eigenvalue weighted by Crippen LogP contribution is -2.33. The Morgan fingerprint density at radius 2 is 2.46 bits per heavy atom. The quantitative estimate of drug-likeness (QED) is 0.484. The Labute approximate surface area is 78.0 Å². The van der Waals surface area contributed by atoms with Crippen LogP contribution in [0, 0.1) is 11.3 Å². The molecule has 0 aliphatic heterocycles. The molecule has 1 heterocycles. The number of nitrogens with zero attached hydrogens (tertiary/aromatic N) is 3. The topological polar surface area (TPSA) is 41.8 Å². The Morgan fingerprint density at radius 1 is 1.62 bits per heavy atom. The molecule has 0 spiro atoms. The van der Waals surface area contributed by atoms with Crippen molar-refractivity contribution < 1.29 is 9.30 Å². The first-order valence-corrected chi connectivity index (χ1v) is 4.36. The van der Waals surface area contributed by atoms with Gasteiger partial charge in [0.05, 0.1) is 6.61 Å². The standard InChI is InChI=1S/C9H14N3O/c1-2-13-8-7-12-6-5-11(9-12)4-3-10/h5-6,9H,2,4,7-8H2,1H3/q+1. The van der Waals surface area contributed by atoms with Crippen molar-refractivity contribution in [1.82, 2.24) is 4.57 Å². The summed E-state index contributed by atoms with van der Waals surface area (Å²) in [5, 5.41) is 8.44. The first-order valence-electron chi connectivity index (χ1n) is 4.36. The molecule has 0 saturated heterocycles. The summed E-state index contributed by atoms with van der Waals surface area (Å²) >= 11 is 0. The molecule has 1 aromatic rings. The van der Waals surface area contributed by atoms with E-state index in [2.05, 4.69) is 6.07 Å². The lowest BCUT2D eigenvalue weighted by molar-refractivity contribution is -0.698. The Morgan fingerprint density at radius 3 is 3.15 bits per heavy atom. The molecule has 4 heteroatoms. The van der Waals surface area contributed by atoms with Gasteiger partial charge in [0.15, 0.2) is 6.54 Å². The van der Waals surface area contributed by atoms with Gasteiger partial charge in [0.2, 0.25) is 6.33 Å². The number of rotatable bonds is 5. The summed E-state index contributed by atoms with van der Waals surface area (Å²) in [6.07, 6.45) is 5.73. The maximum absolute atomic E-state index is 8.44. The van der Waals surface area contributed by atoms with Crippen LogP contribution in [0.3, 0.4) is 0 Å². The van der Waals surface area contributed by atoms with E-state index in [0.29, 0.717) is 6.54 Å². The fourth-order valence-electron chi connectivity index (χ4n) is 1.06. The van der Waals surface area contributed by atoms with Gasteiger partial charge in [-0.05, 0) is 6.92 Å². The number of imidazole rings is 1. The van der Waals surface area contributed by atoms with Crippen molar-refractivity contribution >= 4 is 0 Å². The summed E-state index contributed by atoms with van der Waals surface area (Å²) in [5.41, 5.74) is 0. The maximum Gasteiger partial charge on any atom is 0.244 e. The number of nitriles is 1. The molecule has 0 radical (unpaired) electrons. The first-order chi connectivity index (χ1) is 6.36. The third-order valence-electron chi connectivity index (χ3n) is 1.70. The Kier molecular flexibility index (Phi) is 4.00. The number of hydrogen-bond donors (Lipinski definition) is 0. The Bertz CT molecular complexity index is 287. The van der Waals surface area contributed by atoms with E-state index >= 15 is 0 Å². The minimum atomic E-state index is 0.404. The van der Waals surface area contributed by atoms with Crippen molar-refractivity contribution in [3.63, 3.8) is 0 Å². The van der Waals surface area contributed by atoms with Crippen LogP contribution in [0.4, 0.5) is 0 Å². The molecule has 1 rings (SSSR count). The van der Waals surface area contributed by atoms with E-state index in [9.17, 15) is 0 Å². The average molecular weight is 180 g/mol. The zero-order valence-corrected chi connectivity index (χ0v) is 7.81. The highest BCUT2D eigenvalue weighted by molar-refractivity contribution is 4.75. The second-order valence-electron chi connectivity index (χ2n) is 2.68. The molecule has 0 saturated carbocycles. The van der Waals surface area contributed by atoms with Crippen LogP contribution in [0.5, 0.6) is 0 Å². The molecular formula is C9H14N3O+. The van der Waals surface area contributed by atoms with Crippen molar-refractivity contribution in [2.45, 2.75) is 20.0 Å². The van der Waals surface area contributed by atoms with E-state index in [4.69, 9.17) is 10.00 Å². The second-order valence-corrected chi connectivity index (χ2v) is 2.68. The van der Waals surface area contributed by atoms with Gasteiger partial charge in [0.25, 0.3) is 0 Å². The van der Waals surface area contributed by atoms with Crippen LogP contribution in [0.15, 0.2) is 18.7 Å². The van der Waals surface area contributed by atoms with E-state index in [1.165, 1.54) is 0 Å². The Hall–Kier alpha value is -1.34. The number of ether oxygens (including phenoxy) is 1. The van der Waals surface area contributed by atoms with E-state index < -0.39 is 0 Å². The van der Waals surface area contributed by atoms with E-state index in [0.717, 1.165) is 19.8 Å². The van der Waals surface area contributed by atoms with Gasteiger partial charge in [-0.15, -0.1) is 0 Å². The molecule has 4 nitrogen and oxygen atoms in total. The number of hydrogen-bond acceptors (Lipinski definition) is 2. The van der Waals surface area contributed by atoms with E-state index in [1.807, 2.05) is 34.8 Å². The summed E-state index contributed by atoms with van der Waals surface area (Å²) in [7, 11) is 0. The molecule has 0 bridgehead atoms. The van der Waals surface area contributed by atoms with Crippen LogP contribution in [-0.4, -0.2) is 17.8 Å². The normalized spacial score (nSPS) is 9.85. The molecule has 70 valence electrons. The second kappa shape index (κ2) is 5.33. The van der Waals surface area contributed by atoms with Gasteiger partial charge < -0.3 is 4.74 Å². The molecule has 0 aliphatic rings. The van der Waals surface area contributed by atoms with Crippen molar-refractivity contribution in [2.75, 3.05) is 13.2 Å². The van der Waals surface area contributed by atoms with Gasteiger partial charge >= 0.3 is 0 Å². The summed E-state index contributed by atoms with van der Waals surface area (Å²) in [6.45, 7) is 4.69. The lowest BCUT2D eigenvalue weighted by Gasteiger charge is -1.96. The molecule has 0 amide bonds. The van der Waals surface area contributed by atoms with Crippen molar-refractivity contribution in [3.8, 4) is 6.07 Å². The zero-order valence-electron chi connectivity index (χ0n) is 7.81. The van der Waals surface area contributed by atoms with Gasteiger partial charge in [-0.25, -0.2) is 9.13 Å². The minimum absolute atomic E-state index is 0.404. The third-order valence-corrected chi connectivity index (χ3v) is 1.70. The number of aromatic nitrogens is 2. The molecular weight excluding hydrogens is 166 g/mol. The summed E-state index contributed by atoms with van der Waals surface area (Å²) in [6, 6.07) is 2.08. The monoisotopic (exact) mass is 180 g/mol. The van der Waals surface area contributed by atoms with Crippen LogP contribution in [0.2, 0.25) is 0 Å². The van der Waals surface area contributed by atoms with E-state index in [1.54, 1.807) is 0 Å². The average Bonchev–Trinajstić information content (AvgIpc) is 2.54. The molecule has 0 fully saturated rings. The van der Waals surface area contributed by atoms with Crippen LogP contribution >= 0.6 is 0 Å². The van der Waals surface area contributed by atoms with Crippen LogP contribution < -0.4 is 4.57 Å². The predicted octanol–water partition coefficient (Wildman–Crippen LogP) is 0.336. The maximum atomic E-state index is 8.44. The van der Waals surface area contributed by atoms with E-state index in [-0.39, 0.29) is 0 Å². The highest BCUT2D eigenvalue weighted by Crippen LogP contribution is 1.83. The summed E-state index contributed by atoms with van der Waals surface area (Å²) in [5.74, 6) is 0. The van der Waals surface area contributed by atoms with Crippen LogP contribution in [-0.2, 0) is 17.8 Å². The third kappa shape index (κ3) is 3.26. The first kappa shape index (κ1) is 9.75. The van der Waals surface area contributed by atoms with Gasteiger partial charge in [-0.2, -0.15) is 5.26 Å². The molecule has 0 aliphatic carbocycles. The fourth-order valence-corrected chi connectivity index (χ4v) is 1.06. The van der Waals surface area contributed by atoms with Crippen molar-refractivity contribution in [2.24, 2.45) is 0 Å². The van der Waals surface area contributed by atoms with Crippen molar-refractivity contribution in [3.05, 3.63) is 18.7 Å². The van der Waals surface area contributed by atoms with Gasteiger partial charge in [-0.3, -0.25) is 0 Å². The highest BCUT2D eigenvalue weighted by atomic mass is 16.5. The van der Waals surface area contributed by atoms with Gasteiger partial charge in [0, 0.05) is 6.61 Å². The largest absolute Gasteiger partial charge is 0.378 e. The van der Waals surface area contributed by atoms with Crippen LogP contribution in [0.25, 0.3) is 0 Å². The molecule has 13 heavy (non-hydrogen) atoms. The fraction of sp³-hybridized carbons (Fsp3) is 0.556. The van der Waals surface area contributed by atoms with Crippen LogP contribution in [0.1, 0.15) is 6.92 Å².